The van der Waals surface area contributed by atoms with Gasteiger partial charge in [0.15, 0.2) is 5.78 Å². The molecule has 3 heteroatoms. The first-order valence-electron chi connectivity index (χ1n) is 9.17. The van der Waals surface area contributed by atoms with Crippen molar-refractivity contribution < 1.29 is 15.0 Å². The Kier molecular flexibility index (Phi) is 3.32. The Morgan fingerprint density at radius 2 is 1.96 bits per heavy atom. The number of allylic oxidation sites excluding steroid dienone is 2. The highest BCUT2D eigenvalue weighted by molar-refractivity contribution is 6.05. The lowest BCUT2D eigenvalue weighted by Gasteiger charge is -2.57. The Hall–Kier alpha value is -1.09. The number of hydrogen-bond acceptors (Lipinski definition) is 3. The van der Waals surface area contributed by atoms with Crippen LogP contribution in [0.2, 0.25) is 0 Å². The van der Waals surface area contributed by atoms with E-state index in [1.54, 1.807) is 6.08 Å². The molecule has 23 heavy (non-hydrogen) atoms. The second-order valence-electron chi connectivity index (χ2n) is 8.84. The van der Waals surface area contributed by atoms with Crippen LogP contribution in [-0.2, 0) is 4.79 Å². The Morgan fingerprint density at radius 3 is 2.70 bits per heavy atom. The fourth-order valence-corrected chi connectivity index (χ4v) is 6.62. The van der Waals surface area contributed by atoms with Crippen molar-refractivity contribution in [1.29, 1.82) is 0 Å². The molecule has 3 nitrogen and oxygen atoms in total. The number of hydrogen-bond donors (Lipinski definition) is 2. The molecule has 126 valence electrons. The predicted octanol–water partition coefficient (Wildman–Crippen LogP) is 3.93. The third kappa shape index (κ3) is 1.95. The van der Waals surface area contributed by atoms with Crippen LogP contribution >= 0.6 is 0 Å². The summed E-state index contributed by atoms with van der Waals surface area (Å²) >= 11 is 0. The summed E-state index contributed by atoms with van der Waals surface area (Å²) in [6, 6.07) is 0. The van der Waals surface area contributed by atoms with E-state index >= 15 is 0 Å². The topological polar surface area (TPSA) is 57.5 Å². The van der Waals surface area contributed by atoms with Gasteiger partial charge in [0.25, 0.3) is 0 Å². The number of aliphatic hydroxyl groups is 2. The van der Waals surface area contributed by atoms with Crippen LogP contribution in [0.5, 0.6) is 0 Å². The zero-order valence-electron chi connectivity index (χ0n) is 14.2. The molecule has 3 fully saturated rings. The summed E-state index contributed by atoms with van der Waals surface area (Å²) in [6.45, 7) is 4.60. The number of carbonyl (C=O) groups excluding carboxylic acids is 1. The average Bonchev–Trinajstić information content (AvgIpc) is 2.83. The van der Waals surface area contributed by atoms with E-state index in [1.165, 1.54) is 5.57 Å². The number of fused-ring (bicyclic) bond motifs is 5. The fraction of sp³-hybridized carbons (Fsp3) is 0.750. The lowest BCUT2D eigenvalue weighted by molar-refractivity contribution is -0.113. The Labute approximate surface area is 138 Å². The number of aliphatic hydroxyl groups excluding tert-OH is 2. The molecule has 0 radical (unpaired) electrons. The average molecular weight is 316 g/mol. The van der Waals surface area contributed by atoms with Gasteiger partial charge in [0.05, 0.1) is 12.4 Å². The molecule has 0 aromatic heterocycles. The predicted molar refractivity (Wildman–Crippen MR) is 88.8 cm³/mol. The maximum Gasteiger partial charge on any atom is 0.184 e. The van der Waals surface area contributed by atoms with E-state index < -0.39 is 0 Å². The SMILES string of the molecule is C[C@]12CC[C@H]3[C@@H](CCC4=CC(=O)/C(=C/O)C[C@@]43C)[C@@H]1CC[C@@H]2O. The molecule has 0 heterocycles. The van der Waals surface area contributed by atoms with Gasteiger partial charge in [-0.15, -0.1) is 0 Å². The van der Waals surface area contributed by atoms with Crippen LogP contribution in [0.3, 0.4) is 0 Å². The molecule has 4 rings (SSSR count). The van der Waals surface area contributed by atoms with Crippen molar-refractivity contribution in [2.24, 2.45) is 28.6 Å². The van der Waals surface area contributed by atoms with E-state index in [0.29, 0.717) is 29.7 Å². The molecule has 4 aliphatic carbocycles. The van der Waals surface area contributed by atoms with Crippen molar-refractivity contribution in [3.05, 3.63) is 23.5 Å². The van der Waals surface area contributed by atoms with Crippen molar-refractivity contribution in [2.45, 2.75) is 64.9 Å². The summed E-state index contributed by atoms with van der Waals surface area (Å²) < 4.78 is 0. The molecule has 0 spiro atoms. The summed E-state index contributed by atoms with van der Waals surface area (Å²) in [5.41, 5.74) is 1.98. The van der Waals surface area contributed by atoms with Crippen molar-refractivity contribution in [3.8, 4) is 0 Å². The summed E-state index contributed by atoms with van der Waals surface area (Å²) in [6.07, 6.45) is 9.86. The summed E-state index contributed by atoms with van der Waals surface area (Å²) in [4.78, 5) is 12.1. The zero-order chi connectivity index (χ0) is 16.4. The van der Waals surface area contributed by atoms with E-state index in [0.717, 1.165) is 44.8 Å². The molecular weight excluding hydrogens is 288 g/mol. The van der Waals surface area contributed by atoms with Gasteiger partial charge in [-0.3, -0.25) is 4.79 Å². The van der Waals surface area contributed by atoms with Crippen LogP contribution in [0.1, 0.15) is 58.8 Å². The minimum atomic E-state index is -0.140. The van der Waals surface area contributed by atoms with Gasteiger partial charge in [0, 0.05) is 5.57 Å². The highest BCUT2D eigenvalue weighted by atomic mass is 16.3. The number of carbonyl (C=O) groups is 1. The standard InChI is InChI=1S/C20H28O3/c1-19-8-7-16-14(15(19)5-6-18(19)23)4-3-13-9-17(22)12(11-21)10-20(13,16)2/h9,11,14-16,18,21,23H,3-8,10H2,1-2H3/b12-11+/t14-,15-,16-,18-,19-,20-/m0/s1. The highest BCUT2D eigenvalue weighted by Gasteiger charge is 2.59. The van der Waals surface area contributed by atoms with Gasteiger partial charge in [0.1, 0.15) is 0 Å². The van der Waals surface area contributed by atoms with Crippen molar-refractivity contribution in [1.82, 2.24) is 0 Å². The second-order valence-corrected chi connectivity index (χ2v) is 8.84. The summed E-state index contributed by atoms with van der Waals surface area (Å²) in [7, 11) is 0. The Bertz CT molecular complexity index is 604. The molecule has 0 bridgehead atoms. The maximum absolute atomic E-state index is 12.1. The molecule has 4 aliphatic rings. The third-order valence-corrected chi connectivity index (χ3v) is 8.02. The Morgan fingerprint density at radius 1 is 1.17 bits per heavy atom. The molecule has 0 aromatic carbocycles. The lowest BCUT2D eigenvalue weighted by atomic mass is 9.47. The number of ketones is 1. The molecule has 3 saturated carbocycles. The Balaban J connectivity index is 1.71. The van der Waals surface area contributed by atoms with Gasteiger partial charge >= 0.3 is 0 Å². The van der Waals surface area contributed by atoms with Gasteiger partial charge in [-0.25, -0.2) is 0 Å². The van der Waals surface area contributed by atoms with E-state index in [9.17, 15) is 15.0 Å². The molecule has 0 aromatic rings. The van der Waals surface area contributed by atoms with Crippen LogP contribution in [-0.4, -0.2) is 22.1 Å². The molecule has 0 unspecified atom stereocenters. The van der Waals surface area contributed by atoms with Crippen LogP contribution in [0.25, 0.3) is 0 Å². The first-order valence-corrected chi connectivity index (χ1v) is 9.17. The van der Waals surface area contributed by atoms with Crippen molar-refractivity contribution >= 4 is 5.78 Å². The van der Waals surface area contributed by atoms with Crippen LogP contribution in [0, 0.1) is 28.6 Å². The first-order chi connectivity index (χ1) is 10.9. The van der Waals surface area contributed by atoms with Crippen molar-refractivity contribution in [2.75, 3.05) is 0 Å². The van der Waals surface area contributed by atoms with Gasteiger partial charge in [0.2, 0.25) is 0 Å². The molecule has 0 saturated heterocycles. The smallest absolute Gasteiger partial charge is 0.184 e. The maximum atomic E-state index is 12.1. The second kappa shape index (κ2) is 4.95. The number of rotatable bonds is 0. The van der Waals surface area contributed by atoms with E-state index in [2.05, 4.69) is 13.8 Å². The molecule has 2 N–H and O–H groups in total. The monoisotopic (exact) mass is 316 g/mol. The first kappa shape index (κ1) is 15.4. The van der Waals surface area contributed by atoms with Gasteiger partial charge in [-0.05, 0) is 79.6 Å². The third-order valence-electron chi connectivity index (χ3n) is 8.02. The van der Waals surface area contributed by atoms with E-state index in [1.807, 2.05) is 0 Å². The van der Waals surface area contributed by atoms with Gasteiger partial charge in [-0.1, -0.05) is 19.4 Å². The summed E-state index contributed by atoms with van der Waals surface area (Å²) in [5.74, 6) is 1.85. The van der Waals surface area contributed by atoms with Crippen LogP contribution < -0.4 is 0 Å². The van der Waals surface area contributed by atoms with Gasteiger partial charge in [-0.2, -0.15) is 0 Å². The zero-order valence-corrected chi connectivity index (χ0v) is 14.2. The van der Waals surface area contributed by atoms with Crippen molar-refractivity contribution in [3.63, 3.8) is 0 Å². The van der Waals surface area contributed by atoms with Crippen LogP contribution in [0.4, 0.5) is 0 Å². The quantitative estimate of drug-likeness (QED) is 0.526. The molecule has 6 atom stereocenters. The lowest BCUT2D eigenvalue weighted by Crippen LogP contribution is -2.51. The van der Waals surface area contributed by atoms with E-state index in [4.69, 9.17) is 0 Å². The minimum absolute atomic E-state index is 0.00430. The van der Waals surface area contributed by atoms with Crippen LogP contribution in [0.15, 0.2) is 23.5 Å². The highest BCUT2D eigenvalue weighted by Crippen LogP contribution is 2.65. The summed E-state index contributed by atoms with van der Waals surface area (Å²) in [5, 5.41) is 19.9. The molecule has 0 aliphatic heterocycles. The normalized spacial score (nSPS) is 51.0. The molecule has 0 amide bonds. The largest absolute Gasteiger partial charge is 0.515 e. The molecular formula is C20H28O3. The minimum Gasteiger partial charge on any atom is -0.515 e. The fourth-order valence-electron chi connectivity index (χ4n) is 6.62. The van der Waals surface area contributed by atoms with E-state index in [-0.39, 0.29) is 22.7 Å². The van der Waals surface area contributed by atoms with Gasteiger partial charge < -0.3 is 10.2 Å².